The molecule has 0 spiro atoms. The average molecular weight is 1120 g/mol. The second kappa shape index (κ2) is 16.8. The van der Waals surface area contributed by atoms with Crippen molar-refractivity contribution in [3.05, 3.63) is 134 Å². The van der Waals surface area contributed by atoms with Crippen LogP contribution in [0.25, 0.3) is 11.1 Å². The molecule has 0 atom stereocenters. The minimum Gasteiger partial charge on any atom is -0.0901 e. The summed E-state index contributed by atoms with van der Waals surface area (Å²) in [6, 6.07) is 35.3. The third kappa shape index (κ3) is 9.08. The van der Waals surface area contributed by atoms with Gasteiger partial charge in [0.1, 0.15) is 0 Å². The fourth-order valence-electron chi connectivity index (χ4n) is 3.38. The number of alkyl halides is 2. The zero-order chi connectivity index (χ0) is 25.1. The molecule has 0 aliphatic rings. The molecule has 0 N–H and O–H groups in total. The van der Waals surface area contributed by atoms with Crippen molar-refractivity contribution in [3.8, 4) is 0 Å². The maximum Gasteiger partial charge on any atom is 0.0130 e. The predicted molar refractivity (Wildman–Crippen MR) is 202 cm³/mol. The first-order chi connectivity index (χ1) is 16.5. The van der Waals surface area contributed by atoms with Gasteiger partial charge in [-0.2, -0.15) is 0 Å². The summed E-state index contributed by atoms with van der Waals surface area (Å²) in [4.78, 5) is 3.94. The van der Waals surface area contributed by atoms with Gasteiger partial charge in [0, 0.05) is 14.3 Å². The Kier molecular flexibility index (Phi) is 15.4. The third-order valence-corrected chi connectivity index (χ3v) is 7.66. The molecule has 0 radical (unpaired) electrons. The van der Waals surface area contributed by atoms with Crippen molar-refractivity contribution in [3.63, 3.8) is 0 Å². The molecule has 0 saturated heterocycles. The molecular weight excluding hydrogens is 1100 g/mol. The summed E-state index contributed by atoms with van der Waals surface area (Å²) in [6.07, 6.45) is 0. The van der Waals surface area contributed by atoms with E-state index in [1.807, 2.05) is 9.86 Å². The van der Waals surface area contributed by atoms with Crippen molar-refractivity contribution in [2.24, 2.45) is 0 Å². The Bertz CT molecular complexity index is 986. The van der Waals surface area contributed by atoms with Crippen LogP contribution in [0.4, 0.5) is 0 Å². The number of halogens is 6. The molecule has 0 amide bonds. The van der Waals surface area contributed by atoms with Crippen LogP contribution in [0.5, 0.6) is 0 Å². The molecule has 0 unspecified atom stereocenters. The van der Waals surface area contributed by atoms with Crippen LogP contribution in [0.2, 0.25) is 0 Å². The van der Waals surface area contributed by atoms with E-state index in [1.54, 1.807) is 0 Å². The highest BCUT2D eigenvalue weighted by molar-refractivity contribution is 14.1. The fraction of sp³-hybridized carbons (Fsp3) is 0.0714. The summed E-state index contributed by atoms with van der Waals surface area (Å²) < 4.78 is 4.96. The maximum atomic E-state index is 2.37. The quantitative estimate of drug-likeness (QED) is 0.109. The standard InChI is InChI=1S/C26H16I4.2CH3I/c27-21-9-1-17(2-10-21)25(18-3-11-22(28)12-4-18)26(19-5-13-23(29)14-6-19)20-7-15-24(30)16-8-20;2*1-2/h1-16H;2*1H3. The van der Waals surface area contributed by atoms with Crippen LogP contribution in [-0.4, -0.2) is 9.86 Å². The van der Waals surface area contributed by atoms with Crippen molar-refractivity contribution in [1.29, 1.82) is 0 Å². The second-order valence-electron chi connectivity index (χ2n) is 6.78. The molecule has 0 aliphatic heterocycles. The summed E-state index contributed by atoms with van der Waals surface area (Å²) in [7, 11) is 0. The van der Waals surface area contributed by atoms with Crippen molar-refractivity contribution in [1.82, 2.24) is 0 Å². The Hall–Kier alpha value is 1.00. The zero-order valence-corrected chi connectivity index (χ0v) is 31.5. The molecule has 4 rings (SSSR count). The lowest BCUT2D eigenvalue weighted by molar-refractivity contribution is 1.48. The number of benzene rings is 4. The van der Waals surface area contributed by atoms with Gasteiger partial charge in [-0.3, -0.25) is 0 Å². The Morgan fingerprint density at radius 3 is 0.618 bits per heavy atom. The van der Waals surface area contributed by atoms with E-state index in [4.69, 9.17) is 0 Å². The normalized spacial score (nSPS) is 9.76. The highest BCUT2D eigenvalue weighted by Crippen LogP contribution is 2.37. The van der Waals surface area contributed by atoms with Crippen LogP contribution in [0, 0.1) is 14.3 Å². The molecule has 0 aromatic heterocycles. The van der Waals surface area contributed by atoms with Gasteiger partial charge in [-0.15, -0.1) is 0 Å². The predicted octanol–water partition coefficient (Wildman–Crippen LogP) is 11.2. The topological polar surface area (TPSA) is 0 Å². The monoisotopic (exact) mass is 1120 g/mol. The lowest BCUT2D eigenvalue weighted by atomic mass is 9.86. The molecule has 0 saturated carbocycles. The zero-order valence-electron chi connectivity index (χ0n) is 18.5. The van der Waals surface area contributed by atoms with E-state index in [9.17, 15) is 0 Å². The highest BCUT2D eigenvalue weighted by atomic mass is 127. The molecule has 0 heterocycles. The fourth-order valence-corrected chi connectivity index (χ4v) is 4.82. The van der Waals surface area contributed by atoms with Gasteiger partial charge in [-0.1, -0.05) is 93.7 Å². The third-order valence-electron chi connectivity index (χ3n) is 4.78. The number of hydrogen-bond donors (Lipinski definition) is 0. The molecule has 0 nitrogen and oxygen atoms in total. The minimum absolute atomic E-state index is 1.23. The summed E-state index contributed by atoms with van der Waals surface area (Å²) in [6.45, 7) is 0. The number of rotatable bonds is 4. The average Bonchev–Trinajstić information content (AvgIpc) is 2.88. The Morgan fingerprint density at radius 1 is 0.324 bits per heavy atom. The van der Waals surface area contributed by atoms with Crippen LogP contribution < -0.4 is 0 Å². The summed E-state index contributed by atoms with van der Waals surface area (Å²) in [5, 5.41) is 0. The second-order valence-corrected chi connectivity index (χ2v) is 11.8. The molecule has 4 aromatic rings. The van der Waals surface area contributed by atoms with E-state index in [1.165, 1.54) is 47.7 Å². The molecule has 4 aromatic carbocycles. The van der Waals surface area contributed by atoms with E-state index >= 15 is 0 Å². The lowest BCUT2D eigenvalue weighted by Crippen LogP contribution is -1.98. The van der Waals surface area contributed by atoms with Crippen LogP contribution >= 0.6 is 136 Å². The van der Waals surface area contributed by atoms with Gasteiger partial charge in [-0.05, 0) is 182 Å². The summed E-state index contributed by atoms with van der Waals surface area (Å²) >= 11 is 13.8. The molecular formula is C28H22I6. The van der Waals surface area contributed by atoms with Gasteiger partial charge in [0.15, 0.2) is 0 Å². The Morgan fingerprint density at radius 2 is 0.471 bits per heavy atom. The first-order valence-electron chi connectivity index (χ1n) is 10.0. The lowest BCUT2D eigenvalue weighted by Gasteiger charge is -2.18. The van der Waals surface area contributed by atoms with E-state index in [2.05, 4.69) is 233 Å². The first kappa shape index (κ1) is 31.2. The first-order valence-corrected chi connectivity index (χ1v) is 18.7. The van der Waals surface area contributed by atoms with Crippen LogP contribution in [0.1, 0.15) is 22.3 Å². The van der Waals surface area contributed by atoms with Gasteiger partial charge >= 0.3 is 0 Å². The van der Waals surface area contributed by atoms with Crippen LogP contribution in [-0.2, 0) is 0 Å². The SMILES string of the molecule is CI.CI.Ic1ccc(C(=C(c2ccc(I)cc2)c2ccc(I)cc2)c2ccc(I)cc2)cc1. The molecule has 0 bridgehead atoms. The van der Waals surface area contributed by atoms with Gasteiger partial charge in [0.05, 0.1) is 0 Å². The molecule has 0 fully saturated rings. The van der Waals surface area contributed by atoms with Crippen LogP contribution in [0.3, 0.4) is 0 Å². The van der Waals surface area contributed by atoms with Gasteiger partial charge in [-0.25, -0.2) is 0 Å². The minimum atomic E-state index is 1.23. The van der Waals surface area contributed by atoms with E-state index < -0.39 is 0 Å². The van der Waals surface area contributed by atoms with Gasteiger partial charge in [0.2, 0.25) is 0 Å². The van der Waals surface area contributed by atoms with Crippen molar-refractivity contribution in [2.75, 3.05) is 9.86 Å². The molecule has 176 valence electrons. The highest BCUT2D eigenvalue weighted by Gasteiger charge is 2.16. The van der Waals surface area contributed by atoms with Crippen molar-refractivity contribution < 1.29 is 0 Å². The Labute approximate surface area is 285 Å². The van der Waals surface area contributed by atoms with E-state index in [-0.39, 0.29) is 0 Å². The summed E-state index contributed by atoms with van der Waals surface area (Å²) in [5.74, 6) is 0. The molecule has 34 heavy (non-hydrogen) atoms. The number of hydrogen-bond acceptors (Lipinski definition) is 0. The van der Waals surface area contributed by atoms with Crippen molar-refractivity contribution >= 4 is 147 Å². The van der Waals surface area contributed by atoms with Crippen LogP contribution in [0.15, 0.2) is 97.1 Å². The largest absolute Gasteiger partial charge is 0.0901 e. The molecule has 6 heteroatoms. The summed E-state index contributed by atoms with van der Waals surface area (Å²) in [5.41, 5.74) is 7.41. The Balaban J connectivity index is 0.000000970. The van der Waals surface area contributed by atoms with Crippen molar-refractivity contribution in [2.45, 2.75) is 0 Å². The van der Waals surface area contributed by atoms with Gasteiger partial charge < -0.3 is 0 Å². The maximum absolute atomic E-state index is 2.37. The van der Waals surface area contributed by atoms with Gasteiger partial charge in [0.25, 0.3) is 0 Å². The van der Waals surface area contributed by atoms with E-state index in [0.717, 1.165) is 0 Å². The smallest absolute Gasteiger partial charge is 0.0130 e. The molecule has 0 aliphatic carbocycles. The van der Waals surface area contributed by atoms with E-state index in [0.29, 0.717) is 0 Å².